The molecular weight excluding hydrogens is 214 g/mol. The zero-order valence-electron chi connectivity index (χ0n) is 9.26. The average Bonchev–Trinajstić information content (AvgIpc) is 2.10. The zero-order valence-corrected chi connectivity index (χ0v) is 10.0. The molecule has 0 spiro atoms. The van der Waals surface area contributed by atoms with Crippen molar-refractivity contribution in [3.05, 3.63) is 16.8 Å². The molecule has 1 heterocycles. The van der Waals surface area contributed by atoms with Gasteiger partial charge in [0.2, 0.25) is 5.91 Å². The number of aryl methyl sites for hydroxylation is 1. The van der Waals surface area contributed by atoms with Crippen LogP contribution in [-0.2, 0) is 4.79 Å². The Labute approximate surface area is 94.0 Å². The third kappa shape index (κ3) is 3.16. The lowest BCUT2D eigenvalue weighted by molar-refractivity contribution is -0.123. The highest BCUT2D eigenvalue weighted by molar-refractivity contribution is 6.30. The van der Waals surface area contributed by atoms with Crippen LogP contribution >= 0.6 is 11.6 Å². The molecule has 0 unspecified atom stereocenters. The van der Waals surface area contributed by atoms with Gasteiger partial charge in [0.05, 0.1) is 0 Å². The molecule has 0 aliphatic carbocycles. The fourth-order valence-electron chi connectivity index (χ4n) is 0.835. The summed E-state index contributed by atoms with van der Waals surface area (Å²) in [5.41, 5.74) is 0.339. The maximum atomic E-state index is 11.6. The minimum atomic E-state index is -0.449. The Balaban J connectivity index is 2.83. The molecule has 1 N–H and O–H groups in total. The van der Waals surface area contributed by atoms with Gasteiger partial charge >= 0.3 is 0 Å². The summed E-state index contributed by atoms with van der Waals surface area (Å²) < 4.78 is 0. The molecule has 5 heteroatoms. The highest BCUT2D eigenvalue weighted by Gasteiger charge is 2.21. The first-order valence-corrected chi connectivity index (χ1v) is 5.00. The van der Waals surface area contributed by atoms with Crippen molar-refractivity contribution in [2.24, 2.45) is 5.41 Å². The molecule has 0 atom stereocenters. The molecule has 1 aromatic heterocycles. The molecule has 4 nitrogen and oxygen atoms in total. The van der Waals surface area contributed by atoms with Gasteiger partial charge in [0.15, 0.2) is 11.0 Å². The number of hydrogen-bond acceptors (Lipinski definition) is 3. The first-order valence-electron chi connectivity index (χ1n) is 4.62. The minimum absolute atomic E-state index is 0.0986. The zero-order chi connectivity index (χ0) is 11.6. The second-order valence-corrected chi connectivity index (χ2v) is 4.77. The van der Waals surface area contributed by atoms with E-state index in [2.05, 4.69) is 15.5 Å². The summed E-state index contributed by atoms with van der Waals surface area (Å²) in [4.78, 5) is 11.6. The van der Waals surface area contributed by atoms with Crippen LogP contribution in [0.2, 0.25) is 5.15 Å². The smallest absolute Gasteiger partial charge is 0.230 e. The lowest BCUT2D eigenvalue weighted by atomic mass is 9.96. The fourth-order valence-corrected chi connectivity index (χ4v) is 0.927. The van der Waals surface area contributed by atoms with Crippen molar-refractivity contribution in [2.45, 2.75) is 27.7 Å². The Morgan fingerprint density at radius 3 is 2.47 bits per heavy atom. The van der Waals surface area contributed by atoms with Crippen LogP contribution < -0.4 is 5.32 Å². The Hall–Kier alpha value is -1.16. The van der Waals surface area contributed by atoms with E-state index in [9.17, 15) is 4.79 Å². The Morgan fingerprint density at radius 1 is 1.40 bits per heavy atom. The van der Waals surface area contributed by atoms with Crippen molar-refractivity contribution < 1.29 is 4.79 Å². The normalized spacial score (nSPS) is 11.3. The monoisotopic (exact) mass is 227 g/mol. The van der Waals surface area contributed by atoms with Gasteiger partial charge in [-0.15, -0.1) is 10.2 Å². The third-order valence-electron chi connectivity index (χ3n) is 1.85. The number of nitrogens with one attached hydrogen (secondary N) is 1. The molecular formula is C10H14ClN3O. The van der Waals surface area contributed by atoms with Crippen LogP contribution in [0.25, 0.3) is 0 Å². The van der Waals surface area contributed by atoms with E-state index in [1.807, 2.05) is 27.7 Å². The summed E-state index contributed by atoms with van der Waals surface area (Å²) in [7, 11) is 0. The Kier molecular flexibility index (Phi) is 3.29. The number of aromatic nitrogens is 2. The molecule has 15 heavy (non-hydrogen) atoms. The number of carbonyl (C=O) groups excluding carboxylic acids is 1. The highest BCUT2D eigenvalue weighted by Crippen LogP contribution is 2.18. The number of rotatable bonds is 1. The summed E-state index contributed by atoms with van der Waals surface area (Å²) in [5, 5.41) is 10.5. The molecule has 1 rings (SSSR count). The molecule has 1 amide bonds. The molecule has 1 aromatic rings. The van der Waals surface area contributed by atoms with Crippen molar-refractivity contribution in [1.29, 1.82) is 0 Å². The van der Waals surface area contributed by atoms with E-state index in [4.69, 9.17) is 11.6 Å². The number of halogens is 1. The van der Waals surface area contributed by atoms with E-state index < -0.39 is 5.41 Å². The van der Waals surface area contributed by atoms with Gasteiger partial charge in [-0.05, 0) is 18.6 Å². The summed E-state index contributed by atoms with van der Waals surface area (Å²) in [6.45, 7) is 7.30. The van der Waals surface area contributed by atoms with Gasteiger partial charge in [0, 0.05) is 5.41 Å². The summed E-state index contributed by atoms with van der Waals surface area (Å²) in [6.07, 6.45) is 0. The molecule has 82 valence electrons. The maximum absolute atomic E-state index is 11.6. The lowest BCUT2D eigenvalue weighted by Crippen LogP contribution is -2.28. The maximum Gasteiger partial charge on any atom is 0.230 e. The number of nitrogens with zero attached hydrogens (tertiary/aromatic N) is 2. The predicted molar refractivity (Wildman–Crippen MR) is 59.9 cm³/mol. The minimum Gasteiger partial charge on any atom is -0.309 e. The Morgan fingerprint density at radius 2 is 2.00 bits per heavy atom. The summed E-state index contributed by atoms with van der Waals surface area (Å²) in [5.74, 6) is 0.329. The molecule has 0 bridgehead atoms. The van der Waals surface area contributed by atoms with Gasteiger partial charge in [-0.3, -0.25) is 4.79 Å². The first-order chi connectivity index (χ1) is 6.80. The summed E-state index contributed by atoms with van der Waals surface area (Å²) >= 11 is 5.72. The van der Waals surface area contributed by atoms with Gasteiger partial charge in [0.25, 0.3) is 0 Å². The van der Waals surface area contributed by atoms with Gasteiger partial charge in [-0.25, -0.2) is 0 Å². The molecule has 0 fully saturated rings. The number of carbonyl (C=O) groups is 1. The first kappa shape index (κ1) is 11.9. The van der Waals surface area contributed by atoms with Gasteiger partial charge in [-0.1, -0.05) is 32.4 Å². The van der Waals surface area contributed by atoms with Crippen molar-refractivity contribution >= 4 is 23.3 Å². The molecule has 0 saturated carbocycles. The third-order valence-corrected chi connectivity index (χ3v) is 2.22. The van der Waals surface area contributed by atoms with Crippen LogP contribution in [0.4, 0.5) is 5.82 Å². The standard InChI is InChI=1S/C10H14ClN3O/c1-6-5-7(13-14-8(6)11)12-9(15)10(2,3)4/h5H,1-4H3,(H,12,13,15). The second kappa shape index (κ2) is 4.14. The van der Waals surface area contributed by atoms with Crippen LogP contribution in [-0.4, -0.2) is 16.1 Å². The topological polar surface area (TPSA) is 54.9 Å². The van der Waals surface area contributed by atoms with E-state index >= 15 is 0 Å². The second-order valence-electron chi connectivity index (χ2n) is 4.41. The predicted octanol–water partition coefficient (Wildman–Crippen LogP) is 2.42. The average molecular weight is 228 g/mol. The van der Waals surface area contributed by atoms with Crippen molar-refractivity contribution in [3.63, 3.8) is 0 Å². The van der Waals surface area contributed by atoms with Crippen LogP contribution in [0.5, 0.6) is 0 Å². The van der Waals surface area contributed by atoms with E-state index in [1.165, 1.54) is 0 Å². The molecule has 0 aliphatic rings. The van der Waals surface area contributed by atoms with E-state index in [1.54, 1.807) is 6.07 Å². The summed E-state index contributed by atoms with van der Waals surface area (Å²) in [6, 6.07) is 1.69. The largest absolute Gasteiger partial charge is 0.309 e. The van der Waals surface area contributed by atoms with Crippen molar-refractivity contribution in [2.75, 3.05) is 5.32 Å². The van der Waals surface area contributed by atoms with Gasteiger partial charge in [0.1, 0.15) is 0 Å². The van der Waals surface area contributed by atoms with E-state index in [-0.39, 0.29) is 5.91 Å². The molecule has 0 aromatic carbocycles. The molecule has 0 aliphatic heterocycles. The van der Waals surface area contributed by atoms with E-state index in [0.717, 1.165) is 5.56 Å². The highest BCUT2D eigenvalue weighted by atomic mass is 35.5. The van der Waals surface area contributed by atoms with Crippen LogP contribution in [0.1, 0.15) is 26.3 Å². The number of hydrogen-bond donors (Lipinski definition) is 1. The SMILES string of the molecule is Cc1cc(NC(=O)C(C)(C)C)nnc1Cl. The quantitative estimate of drug-likeness (QED) is 0.802. The fraction of sp³-hybridized carbons (Fsp3) is 0.500. The van der Waals surface area contributed by atoms with Crippen LogP contribution in [0, 0.1) is 12.3 Å². The molecule has 0 saturated heterocycles. The molecule has 0 radical (unpaired) electrons. The number of anilines is 1. The van der Waals surface area contributed by atoms with Crippen molar-refractivity contribution in [1.82, 2.24) is 10.2 Å². The Bertz CT molecular complexity index is 385. The number of amides is 1. The van der Waals surface area contributed by atoms with Crippen LogP contribution in [0.15, 0.2) is 6.07 Å². The van der Waals surface area contributed by atoms with Crippen LogP contribution in [0.3, 0.4) is 0 Å². The van der Waals surface area contributed by atoms with E-state index in [0.29, 0.717) is 11.0 Å². The van der Waals surface area contributed by atoms with Gasteiger partial charge < -0.3 is 5.32 Å². The lowest BCUT2D eigenvalue weighted by Gasteiger charge is -2.16. The van der Waals surface area contributed by atoms with Crippen molar-refractivity contribution in [3.8, 4) is 0 Å². The van der Waals surface area contributed by atoms with Gasteiger partial charge in [-0.2, -0.15) is 0 Å².